The third kappa shape index (κ3) is 2.77. The number of nitrogens with zero attached hydrogens (tertiary/aromatic N) is 2. The van der Waals surface area contributed by atoms with Gasteiger partial charge in [0, 0.05) is 28.8 Å². The summed E-state index contributed by atoms with van der Waals surface area (Å²) in [6, 6.07) is 5.82. The second-order valence-corrected chi connectivity index (χ2v) is 5.73. The summed E-state index contributed by atoms with van der Waals surface area (Å²) in [7, 11) is 0. The van der Waals surface area contributed by atoms with E-state index in [0.717, 1.165) is 34.7 Å². The maximum Gasteiger partial charge on any atom is 0.172 e. The minimum Gasteiger partial charge on any atom is -0.409 e. The molecule has 1 fully saturated rings. The summed E-state index contributed by atoms with van der Waals surface area (Å²) in [5.74, 6) is 0.942. The highest BCUT2D eigenvalue weighted by Gasteiger charge is 2.19. The van der Waals surface area contributed by atoms with Crippen LogP contribution in [0.25, 0.3) is 0 Å². The molecular weight excluding hydrogens is 294 g/mol. The number of anilines is 1. The molecule has 1 saturated heterocycles. The second-order valence-electron chi connectivity index (χ2n) is 4.82. The van der Waals surface area contributed by atoms with Crippen LogP contribution in [-0.4, -0.2) is 24.1 Å². The lowest BCUT2D eigenvalue weighted by atomic mass is 9.98. The van der Waals surface area contributed by atoms with Crippen LogP contribution in [0, 0.1) is 5.92 Å². The van der Waals surface area contributed by atoms with Crippen LogP contribution in [0.15, 0.2) is 27.8 Å². The summed E-state index contributed by atoms with van der Waals surface area (Å²) < 4.78 is 1.01. The summed E-state index contributed by atoms with van der Waals surface area (Å²) in [6.45, 7) is 4.31. The van der Waals surface area contributed by atoms with Gasteiger partial charge in [0.2, 0.25) is 0 Å². The molecule has 1 heterocycles. The summed E-state index contributed by atoms with van der Waals surface area (Å²) in [5.41, 5.74) is 7.56. The first-order valence-electron chi connectivity index (χ1n) is 6.14. The quantitative estimate of drug-likeness (QED) is 0.382. The van der Waals surface area contributed by atoms with Gasteiger partial charge in [-0.3, -0.25) is 0 Å². The first-order chi connectivity index (χ1) is 8.61. The van der Waals surface area contributed by atoms with Gasteiger partial charge in [0.05, 0.1) is 0 Å². The Kier molecular flexibility index (Phi) is 4.11. The normalized spacial score (nSPS) is 18.1. The Hall–Kier alpha value is -1.23. The smallest absolute Gasteiger partial charge is 0.172 e. The van der Waals surface area contributed by atoms with Crippen molar-refractivity contribution >= 4 is 27.5 Å². The number of halogens is 1. The standard InChI is InChI=1S/C13H18BrN3O/c1-9-4-6-17(7-5-9)12-8-10(14)2-3-11(12)13(15)16-18/h2-3,8-9,18H,4-7H2,1H3,(H2,15,16). The number of nitrogens with two attached hydrogens (primary N) is 1. The monoisotopic (exact) mass is 311 g/mol. The summed E-state index contributed by atoms with van der Waals surface area (Å²) in [6.07, 6.45) is 2.37. The van der Waals surface area contributed by atoms with Crippen LogP contribution < -0.4 is 10.6 Å². The van der Waals surface area contributed by atoms with Crippen LogP contribution in [0.5, 0.6) is 0 Å². The highest BCUT2D eigenvalue weighted by molar-refractivity contribution is 9.10. The SMILES string of the molecule is CC1CCN(c2cc(Br)ccc2/C(N)=N/O)CC1. The maximum atomic E-state index is 8.86. The average Bonchev–Trinajstić information content (AvgIpc) is 2.38. The highest BCUT2D eigenvalue weighted by atomic mass is 79.9. The Morgan fingerprint density at radius 2 is 2.11 bits per heavy atom. The fraction of sp³-hybridized carbons (Fsp3) is 0.462. The topological polar surface area (TPSA) is 61.8 Å². The predicted molar refractivity (Wildman–Crippen MR) is 77.3 cm³/mol. The van der Waals surface area contributed by atoms with Gasteiger partial charge in [-0.1, -0.05) is 28.0 Å². The molecule has 98 valence electrons. The number of benzene rings is 1. The zero-order chi connectivity index (χ0) is 13.1. The molecule has 18 heavy (non-hydrogen) atoms. The van der Waals surface area contributed by atoms with Gasteiger partial charge in [-0.2, -0.15) is 0 Å². The van der Waals surface area contributed by atoms with Crippen molar-refractivity contribution in [3.8, 4) is 0 Å². The van der Waals surface area contributed by atoms with E-state index in [9.17, 15) is 0 Å². The van der Waals surface area contributed by atoms with Crippen LogP contribution in [0.4, 0.5) is 5.69 Å². The molecule has 0 amide bonds. The van der Waals surface area contributed by atoms with Crippen LogP contribution in [0.1, 0.15) is 25.3 Å². The fourth-order valence-corrected chi connectivity index (χ4v) is 2.64. The van der Waals surface area contributed by atoms with Crippen molar-refractivity contribution in [3.63, 3.8) is 0 Å². The van der Waals surface area contributed by atoms with Crippen molar-refractivity contribution in [2.75, 3.05) is 18.0 Å². The molecule has 0 saturated carbocycles. The highest BCUT2D eigenvalue weighted by Crippen LogP contribution is 2.29. The molecule has 0 spiro atoms. The van der Waals surface area contributed by atoms with Crippen molar-refractivity contribution < 1.29 is 5.21 Å². The van der Waals surface area contributed by atoms with Gasteiger partial charge < -0.3 is 15.8 Å². The fourth-order valence-electron chi connectivity index (χ4n) is 2.29. The Morgan fingerprint density at radius 3 is 2.72 bits per heavy atom. The molecule has 1 aliphatic heterocycles. The van der Waals surface area contributed by atoms with Gasteiger partial charge in [0.15, 0.2) is 5.84 Å². The number of rotatable bonds is 2. The minimum atomic E-state index is 0.163. The lowest BCUT2D eigenvalue weighted by molar-refractivity contribution is 0.318. The van der Waals surface area contributed by atoms with E-state index in [0.29, 0.717) is 0 Å². The van der Waals surface area contributed by atoms with E-state index in [4.69, 9.17) is 10.9 Å². The second kappa shape index (κ2) is 5.61. The summed E-state index contributed by atoms with van der Waals surface area (Å²) in [4.78, 5) is 2.30. The van der Waals surface area contributed by atoms with E-state index < -0.39 is 0 Å². The van der Waals surface area contributed by atoms with Crippen molar-refractivity contribution in [2.45, 2.75) is 19.8 Å². The molecule has 4 nitrogen and oxygen atoms in total. The molecule has 0 bridgehead atoms. The third-order valence-corrected chi connectivity index (χ3v) is 3.96. The molecule has 1 aromatic carbocycles. The van der Waals surface area contributed by atoms with Gasteiger partial charge in [-0.15, -0.1) is 0 Å². The molecule has 0 unspecified atom stereocenters. The van der Waals surface area contributed by atoms with Gasteiger partial charge in [0.1, 0.15) is 0 Å². The lowest BCUT2D eigenvalue weighted by Crippen LogP contribution is -2.34. The molecule has 3 N–H and O–H groups in total. The van der Waals surface area contributed by atoms with Gasteiger partial charge in [-0.25, -0.2) is 0 Å². The third-order valence-electron chi connectivity index (χ3n) is 3.47. The van der Waals surface area contributed by atoms with Crippen molar-refractivity contribution in [1.29, 1.82) is 0 Å². The van der Waals surface area contributed by atoms with Crippen molar-refractivity contribution in [2.24, 2.45) is 16.8 Å². The molecule has 1 aromatic rings. The first-order valence-corrected chi connectivity index (χ1v) is 6.93. The zero-order valence-corrected chi connectivity index (χ0v) is 12.0. The summed E-state index contributed by atoms with van der Waals surface area (Å²) >= 11 is 3.48. The van der Waals surface area contributed by atoms with Crippen LogP contribution >= 0.6 is 15.9 Å². The maximum absolute atomic E-state index is 8.86. The number of hydrogen-bond acceptors (Lipinski definition) is 3. The largest absolute Gasteiger partial charge is 0.409 e. The number of oxime groups is 1. The molecule has 1 aliphatic rings. The van der Waals surface area contributed by atoms with E-state index in [1.165, 1.54) is 12.8 Å². The Bertz CT molecular complexity index is 454. The molecule has 0 aromatic heterocycles. The van der Waals surface area contributed by atoms with Crippen LogP contribution in [-0.2, 0) is 0 Å². The Morgan fingerprint density at radius 1 is 1.44 bits per heavy atom. The average molecular weight is 312 g/mol. The van der Waals surface area contributed by atoms with E-state index in [1.54, 1.807) is 0 Å². The van der Waals surface area contributed by atoms with Crippen molar-refractivity contribution in [1.82, 2.24) is 0 Å². The Balaban J connectivity index is 2.33. The molecule has 0 aliphatic carbocycles. The molecule has 0 atom stereocenters. The van der Waals surface area contributed by atoms with E-state index in [1.807, 2.05) is 18.2 Å². The lowest BCUT2D eigenvalue weighted by Gasteiger charge is -2.33. The minimum absolute atomic E-state index is 0.163. The number of amidine groups is 1. The molecule has 0 radical (unpaired) electrons. The van der Waals surface area contributed by atoms with Crippen molar-refractivity contribution in [3.05, 3.63) is 28.2 Å². The number of piperidine rings is 1. The molecule has 2 rings (SSSR count). The van der Waals surface area contributed by atoms with E-state index in [2.05, 4.69) is 32.9 Å². The predicted octanol–water partition coefficient (Wildman–Crippen LogP) is 2.78. The molecule has 5 heteroatoms. The number of hydrogen-bond donors (Lipinski definition) is 2. The van der Waals surface area contributed by atoms with E-state index >= 15 is 0 Å². The van der Waals surface area contributed by atoms with Gasteiger partial charge in [-0.05, 0) is 37.0 Å². The zero-order valence-electron chi connectivity index (χ0n) is 10.4. The molecular formula is C13H18BrN3O. The Labute approximate surface area is 116 Å². The van der Waals surface area contributed by atoms with Gasteiger partial charge in [0.25, 0.3) is 0 Å². The summed E-state index contributed by atoms with van der Waals surface area (Å²) in [5, 5.41) is 12.0. The van der Waals surface area contributed by atoms with E-state index in [-0.39, 0.29) is 5.84 Å². The first kappa shape index (κ1) is 13.2. The van der Waals surface area contributed by atoms with Gasteiger partial charge >= 0.3 is 0 Å². The van der Waals surface area contributed by atoms with Crippen LogP contribution in [0.3, 0.4) is 0 Å². The van der Waals surface area contributed by atoms with Crippen LogP contribution in [0.2, 0.25) is 0 Å².